The molecule has 0 spiro atoms. The van der Waals surface area contributed by atoms with E-state index in [1.807, 2.05) is 24.8 Å². The van der Waals surface area contributed by atoms with E-state index in [4.69, 9.17) is 5.14 Å². The molecular weight excluding hydrogens is 438 g/mol. The molecule has 1 aliphatic heterocycles. The third-order valence-electron chi connectivity index (χ3n) is 4.38. The van der Waals surface area contributed by atoms with Crippen molar-refractivity contribution in [1.82, 2.24) is 4.90 Å². The molecule has 0 aromatic heterocycles. The van der Waals surface area contributed by atoms with Crippen LogP contribution >= 0.6 is 28.7 Å². The van der Waals surface area contributed by atoms with E-state index < -0.39 is 15.7 Å². The molecule has 1 aromatic carbocycles. The van der Waals surface area contributed by atoms with E-state index in [-0.39, 0.29) is 21.9 Å². The Morgan fingerprint density at radius 3 is 2.50 bits per heavy atom. The maximum Gasteiger partial charge on any atom is 0.238 e. The number of benzene rings is 1. The minimum atomic E-state index is -3.86. The van der Waals surface area contributed by atoms with Crippen LogP contribution in [-0.2, 0) is 15.7 Å². The Labute approximate surface area is 171 Å². The van der Waals surface area contributed by atoms with Gasteiger partial charge in [0.1, 0.15) is 0 Å². The van der Waals surface area contributed by atoms with Crippen molar-refractivity contribution in [2.24, 2.45) is 16.0 Å². The van der Waals surface area contributed by atoms with Crippen molar-refractivity contribution in [3.8, 4) is 0 Å². The first-order valence-electron chi connectivity index (χ1n) is 8.32. The van der Waals surface area contributed by atoms with E-state index in [0.717, 1.165) is 10.7 Å². The maximum atomic E-state index is 11.9. The van der Waals surface area contributed by atoms with Gasteiger partial charge in [-0.15, -0.1) is 17.0 Å². The zero-order chi connectivity index (χ0) is 19.0. The molecule has 1 aromatic rings. The number of thioether (sulfide) groups is 1. The summed E-state index contributed by atoms with van der Waals surface area (Å²) in [5, 5.41) is 17.5. The molecule has 6 nitrogen and oxygen atoms in total. The number of nitrogens with zero attached hydrogens (tertiary/aromatic N) is 2. The summed E-state index contributed by atoms with van der Waals surface area (Å²) >= 11 is 1.49. The number of aryl methyl sites for hydroxylation is 1. The Morgan fingerprint density at radius 1 is 1.38 bits per heavy atom. The molecule has 3 N–H and O–H groups in total. The van der Waals surface area contributed by atoms with Gasteiger partial charge in [-0.2, -0.15) is 0 Å². The van der Waals surface area contributed by atoms with Gasteiger partial charge in [-0.25, -0.2) is 13.6 Å². The van der Waals surface area contributed by atoms with Crippen LogP contribution in [0.5, 0.6) is 0 Å². The van der Waals surface area contributed by atoms with E-state index >= 15 is 0 Å². The standard InChI is InChI=1S/C17H27N3O3S2.BrH/c1-6-20-16(19-9-11(2)3)24-10-17(20,21)14-7-12(4)13(5)15(8-14)25(18,22)23;/h7-8,11,21H,6,9-10H2,1-5H3,(H2,18,22,23);1H. The Hall–Kier alpha value is -0.610. The summed E-state index contributed by atoms with van der Waals surface area (Å²) < 4.78 is 23.8. The number of primary sulfonamides is 1. The van der Waals surface area contributed by atoms with Crippen LogP contribution in [0, 0.1) is 19.8 Å². The van der Waals surface area contributed by atoms with Crippen molar-refractivity contribution in [1.29, 1.82) is 0 Å². The highest BCUT2D eigenvalue weighted by Gasteiger charge is 2.44. The highest BCUT2D eigenvalue weighted by atomic mass is 79.9. The lowest BCUT2D eigenvalue weighted by atomic mass is 9.98. The number of halogens is 1. The third-order valence-corrected chi connectivity index (χ3v) is 6.57. The van der Waals surface area contributed by atoms with Gasteiger partial charge >= 0.3 is 0 Å². The second-order valence-electron chi connectivity index (χ2n) is 6.83. The van der Waals surface area contributed by atoms with Gasteiger partial charge in [0.15, 0.2) is 10.9 Å². The molecule has 0 aliphatic carbocycles. The molecule has 0 bridgehead atoms. The predicted molar refractivity (Wildman–Crippen MR) is 113 cm³/mol. The fourth-order valence-electron chi connectivity index (χ4n) is 2.86. The second kappa shape index (κ2) is 8.60. The fourth-order valence-corrected chi connectivity index (χ4v) is 4.99. The minimum absolute atomic E-state index is 0. The normalized spacial score (nSPS) is 22.2. The lowest BCUT2D eigenvalue weighted by molar-refractivity contribution is -0.0456. The lowest BCUT2D eigenvalue weighted by Crippen LogP contribution is -2.45. The number of nitrogens with two attached hydrogens (primary N) is 1. The molecule has 1 heterocycles. The first-order chi connectivity index (χ1) is 11.5. The van der Waals surface area contributed by atoms with E-state index in [0.29, 0.717) is 35.9 Å². The smallest absolute Gasteiger partial charge is 0.238 e. The second-order valence-corrected chi connectivity index (χ2v) is 9.30. The predicted octanol–water partition coefficient (Wildman–Crippen LogP) is 2.75. The summed E-state index contributed by atoms with van der Waals surface area (Å²) in [6.45, 7) is 10.9. The number of sulfonamides is 1. The molecule has 1 aliphatic rings. The summed E-state index contributed by atoms with van der Waals surface area (Å²) in [6, 6.07) is 3.32. The number of rotatable bonds is 5. The maximum absolute atomic E-state index is 11.9. The number of aliphatic imine (C=N–C) groups is 1. The van der Waals surface area contributed by atoms with Crippen LogP contribution in [0.15, 0.2) is 22.0 Å². The van der Waals surface area contributed by atoms with Crippen LogP contribution in [0.25, 0.3) is 0 Å². The largest absolute Gasteiger partial charge is 0.366 e. The van der Waals surface area contributed by atoms with Crippen LogP contribution in [0.3, 0.4) is 0 Å². The molecule has 1 saturated heterocycles. The summed E-state index contributed by atoms with van der Waals surface area (Å²) in [4.78, 5) is 6.50. The molecule has 26 heavy (non-hydrogen) atoms. The number of aliphatic hydroxyl groups is 1. The Morgan fingerprint density at radius 2 is 2.00 bits per heavy atom. The summed E-state index contributed by atoms with van der Waals surface area (Å²) in [5.41, 5.74) is 0.622. The van der Waals surface area contributed by atoms with Gasteiger partial charge in [-0.1, -0.05) is 31.7 Å². The van der Waals surface area contributed by atoms with Crippen molar-refractivity contribution >= 4 is 43.9 Å². The highest BCUT2D eigenvalue weighted by molar-refractivity contribution is 8.93. The van der Waals surface area contributed by atoms with Gasteiger partial charge in [0.25, 0.3) is 0 Å². The number of hydrogen-bond donors (Lipinski definition) is 2. The quantitative estimate of drug-likeness (QED) is 0.696. The minimum Gasteiger partial charge on any atom is -0.366 e. The van der Waals surface area contributed by atoms with Gasteiger partial charge in [0, 0.05) is 18.7 Å². The Bertz CT molecular complexity index is 797. The average Bonchev–Trinajstić information content (AvgIpc) is 2.83. The van der Waals surface area contributed by atoms with Crippen molar-refractivity contribution in [3.63, 3.8) is 0 Å². The van der Waals surface area contributed by atoms with E-state index in [2.05, 4.69) is 18.8 Å². The topological polar surface area (TPSA) is 96.0 Å². The first-order valence-corrected chi connectivity index (χ1v) is 10.9. The van der Waals surface area contributed by atoms with Crippen LogP contribution < -0.4 is 5.14 Å². The molecule has 1 unspecified atom stereocenters. The van der Waals surface area contributed by atoms with Crippen molar-refractivity contribution in [2.75, 3.05) is 18.8 Å². The zero-order valence-corrected chi connectivity index (χ0v) is 19.2. The lowest BCUT2D eigenvalue weighted by Gasteiger charge is -2.34. The molecule has 1 fully saturated rings. The fraction of sp³-hybridized carbons (Fsp3) is 0.588. The molecule has 0 amide bonds. The Balaban J connectivity index is 0.00000338. The van der Waals surface area contributed by atoms with E-state index in [9.17, 15) is 13.5 Å². The molecule has 148 valence electrons. The monoisotopic (exact) mass is 465 g/mol. The van der Waals surface area contributed by atoms with E-state index in [1.165, 1.54) is 17.8 Å². The third kappa shape index (κ3) is 4.62. The van der Waals surface area contributed by atoms with Crippen molar-refractivity contribution in [2.45, 2.75) is 45.2 Å². The van der Waals surface area contributed by atoms with Gasteiger partial charge in [-0.3, -0.25) is 4.99 Å². The van der Waals surface area contributed by atoms with Crippen molar-refractivity contribution in [3.05, 3.63) is 28.8 Å². The first kappa shape index (κ1) is 23.4. The average molecular weight is 466 g/mol. The summed E-state index contributed by atoms with van der Waals surface area (Å²) in [6.07, 6.45) is 0. The summed E-state index contributed by atoms with van der Waals surface area (Å²) in [5.74, 6) is 0.820. The SMILES string of the molecule is Br.CCN1C(=NCC(C)C)SCC1(O)c1cc(C)c(C)c(S(N)(=O)=O)c1. The van der Waals surface area contributed by atoms with Crippen molar-refractivity contribution < 1.29 is 13.5 Å². The molecule has 9 heteroatoms. The number of hydrogen-bond acceptors (Lipinski definition) is 5. The summed E-state index contributed by atoms with van der Waals surface area (Å²) in [7, 11) is -3.86. The molecule has 2 rings (SSSR count). The van der Waals surface area contributed by atoms with Crippen LogP contribution in [0.2, 0.25) is 0 Å². The van der Waals surface area contributed by atoms with E-state index in [1.54, 1.807) is 6.92 Å². The molecule has 0 saturated carbocycles. The van der Waals surface area contributed by atoms with Gasteiger partial charge in [0.05, 0.1) is 10.6 Å². The van der Waals surface area contributed by atoms with Gasteiger partial charge in [-0.05, 0) is 43.9 Å². The highest BCUT2D eigenvalue weighted by Crippen LogP contribution is 2.40. The Kier molecular flexibility index (Phi) is 7.75. The van der Waals surface area contributed by atoms with Crippen LogP contribution in [0.1, 0.15) is 37.5 Å². The zero-order valence-electron chi connectivity index (χ0n) is 15.8. The molecule has 0 radical (unpaired) electrons. The van der Waals surface area contributed by atoms with Gasteiger partial charge in [0.2, 0.25) is 10.0 Å². The molecule has 1 atom stereocenters. The number of amidine groups is 1. The van der Waals surface area contributed by atoms with Gasteiger partial charge < -0.3 is 10.0 Å². The van der Waals surface area contributed by atoms with Crippen LogP contribution in [-0.4, -0.2) is 42.4 Å². The van der Waals surface area contributed by atoms with Crippen LogP contribution in [0.4, 0.5) is 0 Å². The molecular formula is C17H28BrN3O3S2.